The molecule has 0 bridgehead atoms. The van der Waals surface area contributed by atoms with Gasteiger partial charge in [-0.25, -0.2) is 0 Å². The number of benzene rings is 2. The van der Waals surface area contributed by atoms with E-state index in [0.717, 1.165) is 11.3 Å². The zero-order valence-electron chi connectivity index (χ0n) is 13.7. The third-order valence-corrected chi connectivity index (χ3v) is 3.71. The van der Waals surface area contributed by atoms with Gasteiger partial charge in [0, 0.05) is 37.0 Å². The van der Waals surface area contributed by atoms with Crippen LogP contribution in [0, 0.1) is 0 Å². The van der Waals surface area contributed by atoms with E-state index in [1.807, 2.05) is 43.3 Å². The highest BCUT2D eigenvalue weighted by molar-refractivity contribution is 6.39. The van der Waals surface area contributed by atoms with Crippen molar-refractivity contribution in [2.75, 3.05) is 30.9 Å². The van der Waals surface area contributed by atoms with Gasteiger partial charge in [-0.05, 0) is 48.4 Å². The van der Waals surface area contributed by atoms with Crippen molar-refractivity contribution in [2.24, 2.45) is 0 Å². The van der Waals surface area contributed by atoms with E-state index < -0.39 is 11.8 Å². The second-order valence-corrected chi connectivity index (χ2v) is 5.96. The van der Waals surface area contributed by atoms with Crippen LogP contribution in [-0.2, 0) is 16.0 Å². The first-order chi connectivity index (χ1) is 11.5. The molecule has 5 nitrogen and oxygen atoms in total. The number of nitrogens with one attached hydrogen (secondary N) is 2. The molecule has 0 unspecified atom stereocenters. The molecule has 0 spiro atoms. The fourth-order valence-corrected chi connectivity index (χ4v) is 2.21. The van der Waals surface area contributed by atoms with E-state index in [2.05, 4.69) is 10.6 Å². The number of halogens is 1. The minimum Gasteiger partial charge on any atom is -0.378 e. The zero-order chi connectivity index (χ0) is 17.5. The molecule has 0 aliphatic carbocycles. The molecule has 2 aromatic rings. The molecule has 0 saturated carbocycles. The van der Waals surface area contributed by atoms with Crippen LogP contribution in [-0.4, -0.2) is 32.5 Å². The molecule has 2 amide bonds. The Hall–Kier alpha value is -2.53. The van der Waals surface area contributed by atoms with E-state index >= 15 is 0 Å². The first-order valence-corrected chi connectivity index (χ1v) is 7.94. The van der Waals surface area contributed by atoms with Crippen molar-refractivity contribution in [3.05, 3.63) is 59.1 Å². The normalized spacial score (nSPS) is 10.1. The summed E-state index contributed by atoms with van der Waals surface area (Å²) in [6.45, 7) is 0.382. The molecule has 0 aromatic heterocycles. The molecule has 24 heavy (non-hydrogen) atoms. The second kappa shape index (κ2) is 8.36. The van der Waals surface area contributed by atoms with Crippen molar-refractivity contribution >= 4 is 34.8 Å². The number of carbonyl (C=O) groups is 2. The summed E-state index contributed by atoms with van der Waals surface area (Å²) in [7, 11) is 3.86. The molecule has 0 aliphatic heterocycles. The summed E-state index contributed by atoms with van der Waals surface area (Å²) >= 11 is 5.82. The first-order valence-electron chi connectivity index (χ1n) is 7.57. The number of hydrogen-bond acceptors (Lipinski definition) is 3. The second-order valence-electron chi connectivity index (χ2n) is 5.53. The van der Waals surface area contributed by atoms with Gasteiger partial charge in [0.15, 0.2) is 0 Å². The summed E-state index contributed by atoms with van der Waals surface area (Å²) in [4.78, 5) is 25.6. The SMILES string of the molecule is CN(C)c1ccc(NC(=O)C(=O)NCCc2ccc(Cl)cc2)cc1. The highest BCUT2D eigenvalue weighted by Crippen LogP contribution is 2.15. The molecule has 126 valence electrons. The Labute approximate surface area is 146 Å². The van der Waals surface area contributed by atoms with Crippen LogP contribution in [0.2, 0.25) is 5.02 Å². The van der Waals surface area contributed by atoms with Gasteiger partial charge in [-0.1, -0.05) is 23.7 Å². The van der Waals surface area contributed by atoms with Crippen molar-refractivity contribution in [1.29, 1.82) is 0 Å². The maximum absolute atomic E-state index is 11.9. The van der Waals surface area contributed by atoms with E-state index in [-0.39, 0.29) is 0 Å². The Morgan fingerprint density at radius 3 is 2.17 bits per heavy atom. The fourth-order valence-electron chi connectivity index (χ4n) is 2.08. The Bertz CT molecular complexity index is 697. The van der Waals surface area contributed by atoms with Crippen molar-refractivity contribution in [3.63, 3.8) is 0 Å². The van der Waals surface area contributed by atoms with E-state index in [0.29, 0.717) is 23.7 Å². The zero-order valence-corrected chi connectivity index (χ0v) is 14.4. The molecule has 0 fully saturated rings. The molecule has 0 radical (unpaired) electrons. The summed E-state index contributed by atoms with van der Waals surface area (Å²) < 4.78 is 0. The van der Waals surface area contributed by atoms with Crippen LogP contribution >= 0.6 is 11.6 Å². The number of hydrogen-bond donors (Lipinski definition) is 2. The number of amides is 2. The molecule has 2 N–H and O–H groups in total. The van der Waals surface area contributed by atoms with E-state index in [9.17, 15) is 9.59 Å². The number of carbonyl (C=O) groups excluding carboxylic acids is 2. The van der Waals surface area contributed by atoms with Crippen LogP contribution in [0.4, 0.5) is 11.4 Å². The van der Waals surface area contributed by atoms with Gasteiger partial charge in [-0.15, -0.1) is 0 Å². The highest BCUT2D eigenvalue weighted by Gasteiger charge is 2.13. The molecule has 0 heterocycles. The lowest BCUT2D eigenvalue weighted by Crippen LogP contribution is -2.36. The highest BCUT2D eigenvalue weighted by atomic mass is 35.5. The monoisotopic (exact) mass is 345 g/mol. The van der Waals surface area contributed by atoms with Crippen LogP contribution in [0.25, 0.3) is 0 Å². The quantitative estimate of drug-likeness (QED) is 0.819. The Kier molecular flexibility index (Phi) is 6.21. The van der Waals surface area contributed by atoms with Crippen LogP contribution < -0.4 is 15.5 Å². The largest absolute Gasteiger partial charge is 0.378 e. The third-order valence-electron chi connectivity index (χ3n) is 3.46. The van der Waals surface area contributed by atoms with Crippen LogP contribution in [0.5, 0.6) is 0 Å². The topological polar surface area (TPSA) is 61.4 Å². The smallest absolute Gasteiger partial charge is 0.313 e. The van der Waals surface area contributed by atoms with Gasteiger partial charge >= 0.3 is 11.8 Å². The van der Waals surface area contributed by atoms with Crippen molar-refractivity contribution in [3.8, 4) is 0 Å². The average Bonchev–Trinajstić information content (AvgIpc) is 2.57. The molecule has 6 heteroatoms. The summed E-state index contributed by atoms with van der Waals surface area (Å²) in [6.07, 6.45) is 0.633. The van der Waals surface area contributed by atoms with Crippen LogP contribution in [0.15, 0.2) is 48.5 Å². The van der Waals surface area contributed by atoms with E-state index in [4.69, 9.17) is 11.6 Å². The summed E-state index contributed by atoms with van der Waals surface area (Å²) in [5.74, 6) is -1.33. The maximum Gasteiger partial charge on any atom is 0.313 e. The fraction of sp³-hybridized carbons (Fsp3) is 0.222. The number of anilines is 2. The Balaban J connectivity index is 1.79. The van der Waals surface area contributed by atoms with Gasteiger partial charge in [0.2, 0.25) is 0 Å². The number of rotatable bonds is 5. The molecule has 0 aliphatic rings. The van der Waals surface area contributed by atoms with Gasteiger partial charge < -0.3 is 15.5 Å². The Morgan fingerprint density at radius 1 is 0.958 bits per heavy atom. The minimum atomic E-state index is -0.677. The van der Waals surface area contributed by atoms with Crippen molar-refractivity contribution in [2.45, 2.75) is 6.42 Å². The lowest BCUT2D eigenvalue weighted by atomic mass is 10.1. The summed E-state index contributed by atoms with van der Waals surface area (Å²) in [6, 6.07) is 14.6. The van der Waals surface area contributed by atoms with E-state index in [1.165, 1.54) is 0 Å². The summed E-state index contributed by atoms with van der Waals surface area (Å²) in [5.41, 5.74) is 2.64. The Morgan fingerprint density at radius 2 is 1.58 bits per heavy atom. The van der Waals surface area contributed by atoms with Gasteiger partial charge in [0.25, 0.3) is 0 Å². The lowest BCUT2D eigenvalue weighted by Gasteiger charge is -2.13. The van der Waals surface area contributed by atoms with Gasteiger partial charge in [-0.3, -0.25) is 9.59 Å². The molecular formula is C18H20ClN3O2. The standard InChI is InChI=1S/C18H20ClN3O2/c1-22(2)16-9-7-15(8-10-16)21-18(24)17(23)20-12-11-13-3-5-14(19)6-4-13/h3-10H,11-12H2,1-2H3,(H,20,23)(H,21,24). The predicted octanol–water partition coefficient (Wildman–Crippen LogP) is 2.70. The molecule has 0 saturated heterocycles. The number of nitrogens with zero attached hydrogens (tertiary/aromatic N) is 1. The predicted molar refractivity (Wildman–Crippen MR) is 97.6 cm³/mol. The van der Waals surface area contributed by atoms with Gasteiger partial charge in [-0.2, -0.15) is 0 Å². The minimum absolute atomic E-state index is 0.382. The third kappa shape index (κ3) is 5.28. The van der Waals surface area contributed by atoms with Crippen molar-refractivity contribution < 1.29 is 9.59 Å². The molecule has 2 aromatic carbocycles. The maximum atomic E-state index is 11.9. The van der Waals surface area contributed by atoms with Gasteiger partial charge in [0.05, 0.1) is 0 Å². The lowest BCUT2D eigenvalue weighted by molar-refractivity contribution is -0.136. The molecule has 2 rings (SSSR count). The van der Waals surface area contributed by atoms with Crippen molar-refractivity contribution in [1.82, 2.24) is 5.32 Å². The average molecular weight is 346 g/mol. The van der Waals surface area contributed by atoms with Crippen LogP contribution in [0.1, 0.15) is 5.56 Å². The molecular weight excluding hydrogens is 326 g/mol. The van der Waals surface area contributed by atoms with Gasteiger partial charge in [0.1, 0.15) is 0 Å². The first kappa shape index (κ1) is 17.8. The van der Waals surface area contributed by atoms with Crippen LogP contribution in [0.3, 0.4) is 0 Å². The molecule has 0 atom stereocenters. The van der Waals surface area contributed by atoms with E-state index in [1.54, 1.807) is 24.3 Å². The summed E-state index contributed by atoms with van der Waals surface area (Å²) in [5, 5.41) is 5.85.